The Morgan fingerprint density at radius 3 is 2.44 bits per heavy atom. The minimum atomic E-state index is -0.349. The Hall–Kier alpha value is -3.47. The van der Waals surface area contributed by atoms with Crippen LogP contribution in [0.1, 0.15) is 27.7 Å². The number of ether oxygens (including phenoxy) is 1. The van der Waals surface area contributed by atoms with Gasteiger partial charge in [0.1, 0.15) is 23.2 Å². The van der Waals surface area contributed by atoms with Gasteiger partial charge >= 0.3 is 0 Å². The second-order valence-corrected chi connectivity index (χ2v) is 6.44. The summed E-state index contributed by atoms with van der Waals surface area (Å²) < 4.78 is 5.24. The number of benzene rings is 3. The van der Waals surface area contributed by atoms with E-state index in [0.29, 0.717) is 17.8 Å². The topological polar surface area (TPSA) is 61.8 Å². The second-order valence-electron chi connectivity index (χ2n) is 6.44. The van der Waals surface area contributed by atoms with Crippen LogP contribution in [0.2, 0.25) is 0 Å². The van der Waals surface area contributed by atoms with Crippen LogP contribution < -0.4 is 10.1 Å². The van der Waals surface area contributed by atoms with E-state index in [-0.39, 0.29) is 17.8 Å². The van der Waals surface area contributed by atoms with Gasteiger partial charge in [-0.05, 0) is 35.4 Å². The number of nitrogens with one attached hydrogen (secondary N) is 1. The van der Waals surface area contributed by atoms with Gasteiger partial charge in [-0.2, -0.15) is 0 Å². The van der Waals surface area contributed by atoms with E-state index in [1.54, 1.807) is 18.1 Å². The number of rotatable bonds is 4. The number of methoxy groups -OCH3 is 1. The quantitative estimate of drug-likeness (QED) is 0.733. The molecule has 0 aromatic heterocycles. The number of anilines is 1. The molecule has 27 heavy (non-hydrogen) atoms. The number of hydrogen-bond donors (Lipinski definition) is 2. The van der Waals surface area contributed by atoms with E-state index in [0.717, 1.165) is 16.9 Å². The molecule has 0 bridgehead atoms. The third kappa shape index (κ3) is 3.19. The van der Waals surface area contributed by atoms with E-state index in [1.165, 1.54) is 6.07 Å². The number of carbonyl (C=O) groups is 1. The fraction of sp³-hybridized carbons (Fsp3) is 0.136. The molecule has 0 saturated heterocycles. The van der Waals surface area contributed by atoms with Crippen molar-refractivity contribution in [1.82, 2.24) is 4.90 Å². The summed E-state index contributed by atoms with van der Waals surface area (Å²) >= 11 is 0. The highest BCUT2D eigenvalue weighted by Gasteiger charge is 2.34. The van der Waals surface area contributed by atoms with Gasteiger partial charge in [-0.25, -0.2) is 0 Å². The van der Waals surface area contributed by atoms with Crippen LogP contribution in [-0.4, -0.2) is 23.0 Å². The molecule has 0 spiro atoms. The Morgan fingerprint density at radius 2 is 1.74 bits per heavy atom. The van der Waals surface area contributed by atoms with E-state index in [4.69, 9.17) is 4.74 Å². The molecule has 1 aliphatic heterocycles. The predicted molar refractivity (Wildman–Crippen MR) is 104 cm³/mol. The average Bonchev–Trinajstić information content (AvgIpc) is 2.71. The number of aromatic hydroxyl groups is 1. The highest BCUT2D eigenvalue weighted by molar-refractivity contribution is 6.04. The third-order valence-electron chi connectivity index (χ3n) is 4.75. The Balaban J connectivity index is 1.77. The maximum atomic E-state index is 13.3. The number of amides is 1. The molecule has 0 radical (unpaired) electrons. The molecule has 0 saturated carbocycles. The molecular weight excluding hydrogens is 340 g/mol. The number of nitrogens with zero attached hydrogens (tertiary/aromatic N) is 1. The minimum absolute atomic E-state index is 0.0174. The van der Waals surface area contributed by atoms with Crippen molar-refractivity contribution >= 4 is 11.6 Å². The highest BCUT2D eigenvalue weighted by Crippen LogP contribution is 2.38. The minimum Gasteiger partial charge on any atom is -0.507 e. The number of fused-ring (bicyclic) bond motifs is 1. The molecule has 1 atom stereocenters. The molecule has 1 aliphatic rings. The van der Waals surface area contributed by atoms with Crippen LogP contribution in [0.25, 0.3) is 0 Å². The van der Waals surface area contributed by atoms with Gasteiger partial charge in [-0.1, -0.05) is 48.5 Å². The number of carbonyl (C=O) groups excluding carboxylic acids is 1. The maximum Gasteiger partial charge on any atom is 0.261 e. The Bertz CT molecular complexity index is 955. The van der Waals surface area contributed by atoms with Crippen LogP contribution >= 0.6 is 0 Å². The van der Waals surface area contributed by atoms with Gasteiger partial charge in [0.25, 0.3) is 5.91 Å². The van der Waals surface area contributed by atoms with Crippen LogP contribution in [0.15, 0.2) is 72.8 Å². The molecule has 136 valence electrons. The molecule has 4 rings (SSSR count). The van der Waals surface area contributed by atoms with Crippen LogP contribution in [-0.2, 0) is 6.54 Å². The Kier molecular flexibility index (Phi) is 4.42. The lowest BCUT2D eigenvalue weighted by Crippen LogP contribution is -2.42. The third-order valence-corrected chi connectivity index (χ3v) is 4.75. The first-order valence-corrected chi connectivity index (χ1v) is 8.75. The monoisotopic (exact) mass is 360 g/mol. The van der Waals surface area contributed by atoms with E-state index in [9.17, 15) is 9.90 Å². The summed E-state index contributed by atoms with van der Waals surface area (Å²) in [4.78, 5) is 15.0. The van der Waals surface area contributed by atoms with E-state index >= 15 is 0 Å². The second kappa shape index (κ2) is 7.03. The van der Waals surface area contributed by atoms with Gasteiger partial charge in [0.15, 0.2) is 0 Å². The molecule has 2 N–H and O–H groups in total. The SMILES string of the molecule is COc1ccc(C2Nc3cccc(O)c3C(=O)N2Cc2ccccc2)cc1. The Morgan fingerprint density at radius 1 is 1.00 bits per heavy atom. The van der Waals surface area contributed by atoms with Gasteiger partial charge in [-0.15, -0.1) is 0 Å². The first-order chi connectivity index (χ1) is 13.2. The molecule has 1 unspecified atom stereocenters. The van der Waals surface area contributed by atoms with E-state index in [1.807, 2.05) is 60.7 Å². The van der Waals surface area contributed by atoms with Crippen molar-refractivity contribution in [2.75, 3.05) is 12.4 Å². The molecular formula is C22H20N2O3. The van der Waals surface area contributed by atoms with Crippen LogP contribution in [0, 0.1) is 0 Å². The van der Waals surface area contributed by atoms with Crippen LogP contribution in [0.5, 0.6) is 11.5 Å². The molecule has 5 nitrogen and oxygen atoms in total. The summed E-state index contributed by atoms with van der Waals surface area (Å²) in [6, 6.07) is 22.5. The van der Waals surface area contributed by atoms with Gasteiger partial charge in [0.2, 0.25) is 0 Å². The average molecular weight is 360 g/mol. The van der Waals surface area contributed by atoms with Crippen molar-refractivity contribution in [3.05, 3.63) is 89.5 Å². The van der Waals surface area contributed by atoms with E-state index < -0.39 is 0 Å². The van der Waals surface area contributed by atoms with Crippen molar-refractivity contribution in [2.45, 2.75) is 12.7 Å². The zero-order valence-electron chi connectivity index (χ0n) is 14.9. The fourth-order valence-corrected chi connectivity index (χ4v) is 3.36. The largest absolute Gasteiger partial charge is 0.507 e. The molecule has 5 heteroatoms. The van der Waals surface area contributed by atoms with Crippen molar-refractivity contribution in [3.63, 3.8) is 0 Å². The summed E-state index contributed by atoms with van der Waals surface area (Å²) in [5.41, 5.74) is 2.89. The maximum absolute atomic E-state index is 13.3. The first-order valence-electron chi connectivity index (χ1n) is 8.75. The van der Waals surface area contributed by atoms with Crippen molar-refractivity contribution < 1.29 is 14.6 Å². The molecule has 3 aromatic rings. The van der Waals surface area contributed by atoms with Crippen LogP contribution in [0.4, 0.5) is 5.69 Å². The standard InChI is InChI=1S/C22H20N2O3/c1-27-17-12-10-16(11-13-17)21-23-18-8-5-9-19(25)20(18)22(26)24(21)14-15-6-3-2-4-7-15/h2-13,21,23,25H,14H2,1H3. The molecule has 3 aromatic carbocycles. The molecule has 1 amide bonds. The summed E-state index contributed by atoms with van der Waals surface area (Å²) in [6.07, 6.45) is -0.349. The Labute approximate surface area is 157 Å². The van der Waals surface area contributed by atoms with Gasteiger partial charge in [-0.3, -0.25) is 4.79 Å². The van der Waals surface area contributed by atoms with Gasteiger partial charge in [0, 0.05) is 6.54 Å². The first kappa shape index (κ1) is 17.0. The predicted octanol–water partition coefficient (Wildman–Crippen LogP) is 4.17. The zero-order chi connectivity index (χ0) is 18.8. The molecule has 1 heterocycles. The summed E-state index contributed by atoms with van der Waals surface area (Å²) in [7, 11) is 1.62. The lowest BCUT2D eigenvalue weighted by molar-refractivity contribution is 0.0663. The van der Waals surface area contributed by atoms with Gasteiger partial charge in [0.05, 0.1) is 12.8 Å². The number of phenols is 1. The lowest BCUT2D eigenvalue weighted by Gasteiger charge is -2.38. The fourth-order valence-electron chi connectivity index (χ4n) is 3.36. The highest BCUT2D eigenvalue weighted by atomic mass is 16.5. The molecule has 0 fully saturated rings. The summed E-state index contributed by atoms with van der Waals surface area (Å²) in [5, 5.41) is 13.6. The zero-order valence-corrected chi connectivity index (χ0v) is 14.9. The summed E-state index contributed by atoms with van der Waals surface area (Å²) in [6.45, 7) is 0.428. The number of hydrogen-bond acceptors (Lipinski definition) is 4. The smallest absolute Gasteiger partial charge is 0.261 e. The van der Waals surface area contributed by atoms with Gasteiger partial charge < -0.3 is 20.1 Å². The molecule has 0 aliphatic carbocycles. The van der Waals surface area contributed by atoms with E-state index in [2.05, 4.69) is 5.32 Å². The number of phenolic OH excluding ortho intramolecular Hbond substituents is 1. The normalized spacial score (nSPS) is 15.8. The van der Waals surface area contributed by atoms with Crippen molar-refractivity contribution in [1.29, 1.82) is 0 Å². The van der Waals surface area contributed by atoms with Crippen molar-refractivity contribution in [2.24, 2.45) is 0 Å². The lowest BCUT2D eigenvalue weighted by atomic mass is 10.0. The summed E-state index contributed by atoms with van der Waals surface area (Å²) in [5.74, 6) is 0.538. The van der Waals surface area contributed by atoms with Crippen LogP contribution in [0.3, 0.4) is 0 Å². The van der Waals surface area contributed by atoms with Crippen molar-refractivity contribution in [3.8, 4) is 11.5 Å².